The molecule has 0 fully saturated rings. The highest BCUT2D eigenvalue weighted by molar-refractivity contribution is 6.50. The Labute approximate surface area is 95.3 Å². The molecule has 0 saturated heterocycles. The smallest absolute Gasteiger partial charge is 0.0818 e. The standard InChI is InChI=1S/C7H8N2.C6H7N/c1-5-3-2-4-6(8)7(5)9;7-6-4-2-1-3-5-6/h2-4,8-9H,1H3;1-5H,7H2. The van der Waals surface area contributed by atoms with Crippen LogP contribution in [0.15, 0.2) is 54.1 Å². The highest BCUT2D eigenvalue weighted by Gasteiger charge is 2.05. The van der Waals surface area contributed by atoms with E-state index in [2.05, 4.69) is 0 Å². The zero-order valence-corrected chi connectivity index (χ0v) is 9.20. The molecule has 0 unspecified atom stereocenters. The number of para-hydroxylation sites is 1. The average molecular weight is 213 g/mol. The summed E-state index contributed by atoms with van der Waals surface area (Å²) in [6.45, 7) is 1.83. The molecule has 0 spiro atoms. The van der Waals surface area contributed by atoms with Crippen molar-refractivity contribution in [2.24, 2.45) is 0 Å². The van der Waals surface area contributed by atoms with Crippen molar-refractivity contribution in [1.29, 1.82) is 10.8 Å². The van der Waals surface area contributed by atoms with E-state index in [1.54, 1.807) is 12.2 Å². The Balaban J connectivity index is 0.000000165. The van der Waals surface area contributed by atoms with E-state index in [1.807, 2.05) is 43.3 Å². The van der Waals surface area contributed by atoms with Crippen LogP contribution < -0.4 is 5.73 Å². The van der Waals surface area contributed by atoms with Crippen LogP contribution in [0, 0.1) is 10.8 Å². The van der Waals surface area contributed by atoms with Gasteiger partial charge in [-0.1, -0.05) is 30.4 Å². The number of hydrogen-bond donors (Lipinski definition) is 3. The van der Waals surface area contributed by atoms with Gasteiger partial charge in [-0.15, -0.1) is 0 Å². The van der Waals surface area contributed by atoms with Crippen LogP contribution in [0.2, 0.25) is 0 Å². The lowest BCUT2D eigenvalue weighted by atomic mass is 10.0. The predicted octanol–water partition coefficient (Wildman–Crippen LogP) is 2.81. The Kier molecular flexibility index (Phi) is 4.21. The van der Waals surface area contributed by atoms with Gasteiger partial charge in [0, 0.05) is 5.69 Å². The van der Waals surface area contributed by atoms with Crippen molar-refractivity contribution >= 4 is 17.1 Å². The SMILES string of the molecule is CC1=CC=CC(=N)C1=N.Nc1ccccc1. The van der Waals surface area contributed by atoms with Crippen molar-refractivity contribution in [1.82, 2.24) is 0 Å². The van der Waals surface area contributed by atoms with Gasteiger partial charge in [0.05, 0.1) is 11.4 Å². The van der Waals surface area contributed by atoms with Crippen LogP contribution in [-0.4, -0.2) is 11.4 Å². The van der Waals surface area contributed by atoms with E-state index in [0.29, 0.717) is 11.4 Å². The second kappa shape index (κ2) is 5.66. The molecule has 3 nitrogen and oxygen atoms in total. The molecule has 82 valence electrons. The minimum absolute atomic E-state index is 0.301. The number of anilines is 1. The second-order valence-corrected chi connectivity index (χ2v) is 3.41. The highest BCUT2D eigenvalue weighted by Crippen LogP contribution is 2.03. The van der Waals surface area contributed by atoms with Crippen LogP contribution in [0.3, 0.4) is 0 Å². The second-order valence-electron chi connectivity index (χ2n) is 3.41. The first-order valence-corrected chi connectivity index (χ1v) is 4.94. The maximum Gasteiger partial charge on any atom is 0.0818 e. The fourth-order valence-corrected chi connectivity index (χ4v) is 1.12. The van der Waals surface area contributed by atoms with Gasteiger partial charge in [0.2, 0.25) is 0 Å². The summed E-state index contributed by atoms with van der Waals surface area (Å²) in [7, 11) is 0. The van der Waals surface area contributed by atoms with Gasteiger partial charge in [-0.3, -0.25) is 10.8 Å². The summed E-state index contributed by atoms with van der Waals surface area (Å²) in [6.07, 6.45) is 5.24. The molecule has 1 aliphatic carbocycles. The minimum Gasteiger partial charge on any atom is -0.399 e. The van der Waals surface area contributed by atoms with E-state index in [9.17, 15) is 0 Å². The van der Waals surface area contributed by atoms with Crippen LogP contribution in [-0.2, 0) is 0 Å². The number of benzene rings is 1. The first kappa shape index (κ1) is 11.9. The molecule has 0 saturated carbocycles. The summed E-state index contributed by atoms with van der Waals surface area (Å²) in [6, 6.07) is 9.49. The molecular formula is C13H15N3. The molecule has 0 heterocycles. The molecule has 1 aromatic rings. The number of allylic oxidation sites excluding steroid dienone is 4. The topological polar surface area (TPSA) is 73.7 Å². The van der Waals surface area contributed by atoms with Crippen LogP contribution in [0.4, 0.5) is 5.69 Å². The van der Waals surface area contributed by atoms with Crippen LogP contribution in [0.1, 0.15) is 6.92 Å². The number of rotatable bonds is 0. The molecular weight excluding hydrogens is 198 g/mol. The lowest BCUT2D eigenvalue weighted by molar-refractivity contribution is 1.43. The Morgan fingerprint density at radius 3 is 2.06 bits per heavy atom. The van der Waals surface area contributed by atoms with E-state index < -0.39 is 0 Å². The fourth-order valence-electron chi connectivity index (χ4n) is 1.12. The van der Waals surface area contributed by atoms with Gasteiger partial charge >= 0.3 is 0 Å². The first-order chi connectivity index (χ1) is 7.61. The largest absolute Gasteiger partial charge is 0.399 e. The molecule has 0 atom stereocenters. The van der Waals surface area contributed by atoms with Crippen LogP contribution in [0.25, 0.3) is 0 Å². The Morgan fingerprint density at radius 2 is 1.69 bits per heavy atom. The molecule has 0 amide bonds. The van der Waals surface area contributed by atoms with Crippen LogP contribution >= 0.6 is 0 Å². The van der Waals surface area contributed by atoms with Crippen molar-refractivity contribution in [2.45, 2.75) is 6.92 Å². The summed E-state index contributed by atoms with van der Waals surface area (Å²) in [5.41, 5.74) is 7.67. The third-order valence-electron chi connectivity index (χ3n) is 2.07. The molecule has 1 aromatic carbocycles. The summed E-state index contributed by atoms with van der Waals surface area (Å²) in [5.74, 6) is 0. The molecule has 2 rings (SSSR count). The van der Waals surface area contributed by atoms with E-state index in [4.69, 9.17) is 16.6 Å². The zero-order valence-electron chi connectivity index (χ0n) is 9.20. The summed E-state index contributed by atoms with van der Waals surface area (Å²) in [4.78, 5) is 0. The minimum atomic E-state index is 0.301. The number of nitrogens with one attached hydrogen (secondary N) is 2. The van der Waals surface area contributed by atoms with Crippen molar-refractivity contribution in [3.63, 3.8) is 0 Å². The molecule has 0 aromatic heterocycles. The predicted molar refractivity (Wildman–Crippen MR) is 69.2 cm³/mol. The Bertz CT molecular complexity index is 442. The lowest BCUT2D eigenvalue weighted by Gasteiger charge is -2.04. The normalized spacial score (nSPS) is 13.9. The summed E-state index contributed by atoms with van der Waals surface area (Å²) < 4.78 is 0. The van der Waals surface area contributed by atoms with Crippen molar-refractivity contribution in [3.8, 4) is 0 Å². The number of hydrogen-bond acceptors (Lipinski definition) is 3. The first-order valence-electron chi connectivity index (χ1n) is 4.94. The molecule has 1 aliphatic rings. The molecule has 16 heavy (non-hydrogen) atoms. The molecule has 0 radical (unpaired) electrons. The quantitative estimate of drug-likeness (QED) is 0.450. The van der Waals surface area contributed by atoms with E-state index in [1.165, 1.54) is 0 Å². The van der Waals surface area contributed by atoms with Gasteiger partial charge in [0.15, 0.2) is 0 Å². The van der Waals surface area contributed by atoms with Gasteiger partial charge in [-0.2, -0.15) is 0 Å². The number of nitrogens with two attached hydrogens (primary N) is 1. The zero-order chi connectivity index (χ0) is 12.0. The highest BCUT2D eigenvalue weighted by atomic mass is 14.5. The fraction of sp³-hybridized carbons (Fsp3) is 0.0769. The van der Waals surface area contributed by atoms with Gasteiger partial charge in [0.1, 0.15) is 0 Å². The lowest BCUT2D eigenvalue weighted by Crippen LogP contribution is -2.12. The van der Waals surface area contributed by atoms with E-state index in [0.717, 1.165) is 11.3 Å². The monoisotopic (exact) mass is 213 g/mol. The molecule has 4 N–H and O–H groups in total. The molecule has 0 aliphatic heterocycles. The molecule has 0 bridgehead atoms. The summed E-state index contributed by atoms with van der Waals surface area (Å²) >= 11 is 0. The number of nitrogen functional groups attached to an aromatic ring is 1. The average Bonchev–Trinajstić information content (AvgIpc) is 2.28. The van der Waals surface area contributed by atoms with Gasteiger partial charge in [-0.05, 0) is 30.7 Å². The van der Waals surface area contributed by atoms with Crippen molar-refractivity contribution in [3.05, 3.63) is 54.1 Å². The van der Waals surface area contributed by atoms with Crippen molar-refractivity contribution < 1.29 is 0 Å². The Hall–Kier alpha value is -2.16. The Morgan fingerprint density at radius 1 is 1.06 bits per heavy atom. The van der Waals surface area contributed by atoms with Gasteiger partial charge in [0.25, 0.3) is 0 Å². The van der Waals surface area contributed by atoms with Gasteiger partial charge < -0.3 is 5.73 Å². The molecule has 3 heteroatoms. The van der Waals surface area contributed by atoms with E-state index >= 15 is 0 Å². The third kappa shape index (κ3) is 3.53. The maximum absolute atomic E-state index is 7.26. The van der Waals surface area contributed by atoms with Gasteiger partial charge in [-0.25, -0.2) is 0 Å². The van der Waals surface area contributed by atoms with Crippen LogP contribution in [0.5, 0.6) is 0 Å². The summed E-state index contributed by atoms with van der Waals surface area (Å²) in [5, 5.41) is 14.4. The van der Waals surface area contributed by atoms with Crippen molar-refractivity contribution in [2.75, 3.05) is 5.73 Å². The third-order valence-corrected chi connectivity index (χ3v) is 2.07. The maximum atomic E-state index is 7.26. The van der Waals surface area contributed by atoms with E-state index in [-0.39, 0.29) is 0 Å².